The van der Waals surface area contributed by atoms with Crippen molar-refractivity contribution >= 4 is 38.9 Å². The minimum atomic E-state index is -3.21. The lowest BCUT2D eigenvalue weighted by Crippen LogP contribution is -2.41. The summed E-state index contributed by atoms with van der Waals surface area (Å²) >= 11 is 1.36. The van der Waals surface area contributed by atoms with Gasteiger partial charge in [-0.25, -0.2) is 12.7 Å². The SMILES string of the molecule is CCS(=O)(=O)N1CCC(C(=O)Oc2ccc(NC(=O)c3cccs3)cc2)CC1. The van der Waals surface area contributed by atoms with Crippen molar-refractivity contribution in [2.75, 3.05) is 24.2 Å². The molecule has 3 rings (SSSR count). The smallest absolute Gasteiger partial charge is 0.314 e. The third-order valence-electron chi connectivity index (χ3n) is 4.62. The molecule has 0 saturated carbocycles. The zero-order chi connectivity index (χ0) is 20.1. The van der Waals surface area contributed by atoms with Crippen molar-refractivity contribution in [3.8, 4) is 5.75 Å². The number of nitrogens with one attached hydrogen (secondary N) is 1. The molecule has 7 nitrogen and oxygen atoms in total. The van der Waals surface area contributed by atoms with Crippen LogP contribution in [0.5, 0.6) is 5.75 Å². The number of benzene rings is 1. The molecule has 1 aliphatic heterocycles. The summed E-state index contributed by atoms with van der Waals surface area (Å²) in [6.07, 6.45) is 0.903. The molecular formula is C19H22N2O5S2. The highest BCUT2D eigenvalue weighted by atomic mass is 32.2. The number of thiophene rings is 1. The fraction of sp³-hybridized carbons (Fsp3) is 0.368. The summed E-state index contributed by atoms with van der Waals surface area (Å²) in [6, 6.07) is 10.1. The number of hydrogen-bond acceptors (Lipinski definition) is 6. The molecule has 1 saturated heterocycles. The van der Waals surface area contributed by atoms with Crippen LogP contribution >= 0.6 is 11.3 Å². The van der Waals surface area contributed by atoms with Gasteiger partial charge in [0.15, 0.2) is 0 Å². The average Bonchev–Trinajstić information content (AvgIpc) is 3.24. The number of sulfonamides is 1. The molecule has 1 fully saturated rings. The van der Waals surface area contributed by atoms with Crippen molar-refractivity contribution in [3.63, 3.8) is 0 Å². The van der Waals surface area contributed by atoms with Crippen LogP contribution in [0.25, 0.3) is 0 Å². The van der Waals surface area contributed by atoms with E-state index in [2.05, 4.69) is 5.32 Å². The summed E-state index contributed by atoms with van der Waals surface area (Å²) in [5, 5.41) is 4.61. The monoisotopic (exact) mass is 422 g/mol. The number of hydrogen-bond donors (Lipinski definition) is 1. The second kappa shape index (κ2) is 8.85. The van der Waals surface area contributed by atoms with Crippen LogP contribution in [0.3, 0.4) is 0 Å². The van der Waals surface area contributed by atoms with Crippen LogP contribution in [0.2, 0.25) is 0 Å². The Balaban J connectivity index is 1.52. The Morgan fingerprint density at radius 2 is 1.86 bits per heavy atom. The predicted molar refractivity (Wildman–Crippen MR) is 108 cm³/mol. The van der Waals surface area contributed by atoms with Gasteiger partial charge in [-0.1, -0.05) is 6.07 Å². The maximum absolute atomic E-state index is 12.4. The molecular weight excluding hydrogens is 400 g/mol. The van der Waals surface area contributed by atoms with Crippen LogP contribution < -0.4 is 10.1 Å². The number of esters is 1. The second-order valence-electron chi connectivity index (χ2n) is 6.45. The molecule has 0 radical (unpaired) electrons. The van der Waals surface area contributed by atoms with Crippen LogP contribution in [0.1, 0.15) is 29.4 Å². The standard InChI is InChI=1S/C19H22N2O5S2/c1-2-28(24,25)21-11-9-14(10-12-21)19(23)26-16-7-5-15(6-8-16)20-18(22)17-4-3-13-27-17/h3-8,13-14H,2,9-12H2,1H3,(H,20,22). The Morgan fingerprint density at radius 3 is 2.43 bits per heavy atom. The van der Waals surface area contributed by atoms with Gasteiger partial charge in [-0.3, -0.25) is 9.59 Å². The van der Waals surface area contributed by atoms with Gasteiger partial charge in [-0.2, -0.15) is 0 Å². The van der Waals surface area contributed by atoms with Gasteiger partial charge in [0, 0.05) is 18.8 Å². The predicted octanol–water partition coefficient (Wildman–Crippen LogP) is 2.97. The quantitative estimate of drug-likeness (QED) is 0.571. The molecule has 0 atom stereocenters. The lowest BCUT2D eigenvalue weighted by molar-refractivity contribution is -0.140. The molecule has 2 heterocycles. The van der Waals surface area contributed by atoms with E-state index in [-0.39, 0.29) is 23.5 Å². The van der Waals surface area contributed by atoms with Gasteiger partial charge >= 0.3 is 5.97 Å². The summed E-state index contributed by atoms with van der Waals surface area (Å²) in [4.78, 5) is 25.0. The number of piperidine rings is 1. The Bertz CT molecular complexity index is 916. The van der Waals surface area contributed by atoms with E-state index in [1.807, 2.05) is 11.4 Å². The minimum Gasteiger partial charge on any atom is -0.426 e. The molecule has 9 heteroatoms. The number of ether oxygens (including phenoxy) is 1. The highest BCUT2D eigenvalue weighted by Crippen LogP contribution is 2.23. The molecule has 1 aliphatic rings. The van der Waals surface area contributed by atoms with E-state index in [0.29, 0.717) is 42.2 Å². The van der Waals surface area contributed by atoms with E-state index >= 15 is 0 Å². The van der Waals surface area contributed by atoms with E-state index in [0.717, 1.165) is 0 Å². The van der Waals surface area contributed by atoms with Gasteiger partial charge < -0.3 is 10.1 Å². The Hall–Kier alpha value is -2.23. The molecule has 150 valence electrons. The lowest BCUT2D eigenvalue weighted by atomic mass is 9.98. The van der Waals surface area contributed by atoms with Gasteiger partial charge in [0.05, 0.1) is 16.5 Å². The molecule has 0 bridgehead atoms. The first kappa shape index (κ1) is 20.5. The van der Waals surface area contributed by atoms with E-state index in [4.69, 9.17) is 4.74 Å². The number of amides is 1. The van der Waals surface area contributed by atoms with Gasteiger partial charge in [0.25, 0.3) is 5.91 Å². The second-order valence-corrected chi connectivity index (χ2v) is 9.66. The molecule has 1 aromatic carbocycles. The van der Waals surface area contributed by atoms with Crippen molar-refractivity contribution in [1.82, 2.24) is 4.31 Å². The molecule has 0 unspecified atom stereocenters. The van der Waals surface area contributed by atoms with Crippen LogP contribution in [0.4, 0.5) is 5.69 Å². The summed E-state index contributed by atoms with van der Waals surface area (Å²) in [5.74, 6) is -0.404. The molecule has 1 N–H and O–H groups in total. The maximum Gasteiger partial charge on any atom is 0.314 e. The Morgan fingerprint density at radius 1 is 1.18 bits per heavy atom. The molecule has 1 aromatic heterocycles. The van der Waals surface area contributed by atoms with Crippen molar-refractivity contribution in [2.45, 2.75) is 19.8 Å². The summed E-state index contributed by atoms with van der Waals surface area (Å²) in [7, 11) is -3.21. The van der Waals surface area contributed by atoms with Crippen molar-refractivity contribution in [3.05, 3.63) is 46.7 Å². The lowest BCUT2D eigenvalue weighted by Gasteiger charge is -2.29. The molecule has 0 spiro atoms. The minimum absolute atomic E-state index is 0.0669. The van der Waals surface area contributed by atoms with Gasteiger partial charge in [0.1, 0.15) is 5.75 Å². The fourth-order valence-electron chi connectivity index (χ4n) is 2.96. The normalized spacial score (nSPS) is 15.9. The van der Waals surface area contributed by atoms with Gasteiger partial charge in [0.2, 0.25) is 10.0 Å². The van der Waals surface area contributed by atoms with Crippen molar-refractivity contribution in [2.24, 2.45) is 5.92 Å². The van der Waals surface area contributed by atoms with Crippen molar-refractivity contribution in [1.29, 1.82) is 0 Å². The van der Waals surface area contributed by atoms with Gasteiger partial charge in [-0.05, 0) is 55.5 Å². The molecule has 0 aliphatic carbocycles. The van der Waals surface area contributed by atoms with Gasteiger partial charge in [-0.15, -0.1) is 11.3 Å². The third kappa shape index (κ3) is 4.98. The topological polar surface area (TPSA) is 92.8 Å². The number of anilines is 1. The van der Waals surface area contributed by atoms with E-state index in [1.54, 1.807) is 37.3 Å². The van der Waals surface area contributed by atoms with Crippen molar-refractivity contribution < 1.29 is 22.7 Å². The first-order chi connectivity index (χ1) is 13.4. The van der Waals surface area contributed by atoms with E-state index in [9.17, 15) is 18.0 Å². The highest BCUT2D eigenvalue weighted by molar-refractivity contribution is 7.89. The summed E-state index contributed by atoms with van der Waals surface area (Å²) in [6.45, 7) is 2.29. The molecule has 2 aromatic rings. The Labute approximate surface area is 168 Å². The first-order valence-electron chi connectivity index (χ1n) is 9.03. The number of carbonyl (C=O) groups excluding carboxylic acids is 2. The van der Waals surface area contributed by atoms with Crippen LogP contribution in [-0.4, -0.2) is 43.4 Å². The van der Waals surface area contributed by atoms with E-state index in [1.165, 1.54) is 15.6 Å². The summed E-state index contributed by atoms with van der Waals surface area (Å²) in [5.41, 5.74) is 0.608. The van der Waals surface area contributed by atoms with Crippen LogP contribution in [-0.2, 0) is 14.8 Å². The number of nitrogens with zero attached hydrogens (tertiary/aromatic N) is 1. The largest absolute Gasteiger partial charge is 0.426 e. The maximum atomic E-state index is 12.4. The Kier molecular flexibility index (Phi) is 6.48. The molecule has 28 heavy (non-hydrogen) atoms. The third-order valence-corrected chi connectivity index (χ3v) is 7.37. The average molecular weight is 423 g/mol. The zero-order valence-electron chi connectivity index (χ0n) is 15.5. The summed E-state index contributed by atoms with van der Waals surface area (Å²) < 4.78 is 30.6. The van der Waals surface area contributed by atoms with Crippen LogP contribution in [0.15, 0.2) is 41.8 Å². The first-order valence-corrected chi connectivity index (χ1v) is 11.5. The highest BCUT2D eigenvalue weighted by Gasteiger charge is 2.31. The van der Waals surface area contributed by atoms with Crippen LogP contribution in [0, 0.1) is 5.92 Å². The number of rotatable bonds is 6. The number of carbonyl (C=O) groups is 2. The fourth-order valence-corrected chi connectivity index (χ4v) is 4.71. The molecule has 1 amide bonds. The van der Waals surface area contributed by atoms with E-state index < -0.39 is 10.0 Å². The zero-order valence-corrected chi connectivity index (χ0v) is 17.1.